The maximum absolute atomic E-state index is 10.9. The van der Waals surface area contributed by atoms with Crippen LogP contribution in [0.1, 0.15) is 10.5 Å². The number of nitrogens with zero attached hydrogens (tertiary/aromatic N) is 2. The molecule has 0 amide bonds. The molecule has 3 nitrogen and oxygen atoms in total. The summed E-state index contributed by atoms with van der Waals surface area (Å²) in [7, 11) is 5.10. The molecule has 0 N–H and O–H groups in total. The quantitative estimate of drug-likeness (QED) is 0.372. The minimum Gasteiger partial charge on any atom is -0.293 e. The van der Waals surface area contributed by atoms with Crippen LogP contribution in [0.5, 0.6) is 0 Å². The normalized spacial score (nSPS) is 9.55. The number of Topliss-reactive ketones (excluding diaryl/α,β-unsaturated/α-hetero) is 1. The lowest BCUT2D eigenvalue weighted by Gasteiger charge is -1.94. The Kier molecular flexibility index (Phi) is 2.60. The van der Waals surface area contributed by atoms with E-state index in [-0.39, 0.29) is 23.1 Å². The number of rotatable bonds is 2. The van der Waals surface area contributed by atoms with Crippen LogP contribution in [0.4, 0.5) is 0 Å². The zero-order valence-corrected chi connectivity index (χ0v) is 6.38. The van der Waals surface area contributed by atoms with Gasteiger partial charge in [0, 0.05) is 6.20 Å². The van der Waals surface area contributed by atoms with E-state index in [1.165, 1.54) is 12.3 Å². The largest absolute Gasteiger partial charge is 0.293 e. The van der Waals surface area contributed by atoms with E-state index >= 15 is 0 Å². The lowest BCUT2D eigenvalue weighted by molar-refractivity contribution is 0.101. The molecule has 0 aliphatic rings. The highest BCUT2D eigenvalue weighted by atomic mass is 35.5. The van der Waals surface area contributed by atoms with Crippen LogP contribution in [0.15, 0.2) is 12.3 Å². The van der Waals surface area contributed by atoms with Crippen LogP contribution in [0.25, 0.3) is 0 Å². The van der Waals surface area contributed by atoms with Crippen molar-refractivity contribution >= 4 is 25.2 Å². The summed E-state index contributed by atoms with van der Waals surface area (Å²) in [6, 6.07) is 1.47. The summed E-state index contributed by atoms with van der Waals surface area (Å²) in [5, 5.41) is 0.0595. The van der Waals surface area contributed by atoms with Crippen LogP contribution in [0.3, 0.4) is 0 Å². The molecule has 54 valence electrons. The van der Waals surface area contributed by atoms with Crippen molar-refractivity contribution < 1.29 is 4.79 Å². The van der Waals surface area contributed by atoms with Crippen molar-refractivity contribution in [1.29, 1.82) is 0 Å². The van der Waals surface area contributed by atoms with E-state index in [9.17, 15) is 4.79 Å². The molecule has 1 heterocycles. The number of halogens is 1. The van der Waals surface area contributed by atoms with E-state index in [2.05, 4.69) is 9.97 Å². The lowest BCUT2D eigenvalue weighted by Crippen LogP contribution is -2.01. The summed E-state index contributed by atoms with van der Waals surface area (Å²) < 4.78 is 0. The third-order valence-electron chi connectivity index (χ3n) is 1.10. The highest BCUT2D eigenvalue weighted by Crippen LogP contribution is 2.02. The third-order valence-corrected chi connectivity index (χ3v) is 1.28. The van der Waals surface area contributed by atoms with Crippen molar-refractivity contribution in [3.63, 3.8) is 0 Å². The molecule has 0 fully saturated rings. The van der Waals surface area contributed by atoms with Crippen molar-refractivity contribution in [2.24, 2.45) is 0 Å². The first-order valence-electron chi connectivity index (χ1n) is 2.96. The van der Waals surface area contributed by atoms with Gasteiger partial charge in [0.25, 0.3) is 0 Å². The second-order valence-corrected chi connectivity index (χ2v) is 2.18. The molecule has 0 saturated carbocycles. The number of ketones is 1. The summed E-state index contributed by atoms with van der Waals surface area (Å²) in [5.41, 5.74) is 0.257. The highest BCUT2D eigenvalue weighted by Gasteiger charge is 2.03. The molecule has 11 heavy (non-hydrogen) atoms. The zero-order chi connectivity index (χ0) is 8.27. The van der Waals surface area contributed by atoms with Gasteiger partial charge in [0.1, 0.15) is 5.69 Å². The number of hydrogen-bond donors (Lipinski definition) is 0. The number of aromatic nitrogens is 2. The Morgan fingerprint density at radius 1 is 1.73 bits per heavy atom. The maximum Gasteiger partial charge on any atom is 0.222 e. The number of carbonyl (C=O) groups is 1. The SMILES string of the molecule is [B]CC(=O)c1ccnc(Cl)n1. The Morgan fingerprint density at radius 3 is 3.00 bits per heavy atom. The van der Waals surface area contributed by atoms with Gasteiger partial charge in [-0.15, -0.1) is 0 Å². The average Bonchev–Trinajstić information content (AvgIpc) is 2.03. The van der Waals surface area contributed by atoms with Crippen LogP contribution in [0, 0.1) is 0 Å². The fourth-order valence-electron chi connectivity index (χ4n) is 0.595. The molecule has 0 aliphatic heterocycles. The van der Waals surface area contributed by atoms with Gasteiger partial charge in [-0.1, -0.05) is 0 Å². The Labute approximate surface area is 70.2 Å². The summed E-state index contributed by atoms with van der Waals surface area (Å²) in [6.45, 7) is 0. The molecule has 0 saturated heterocycles. The Morgan fingerprint density at radius 2 is 2.45 bits per heavy atom. The van der Waals surface area contributed by atoms with Gasteiger partial charge < -0.3 is 0 Å². The zero-order valence-electron chi connectivity index (χ0n) is 5.62. The Bertz CT molecular complexity index is 279. The molecule has 0 aromatic carbocycles. The summed E-state index contributed by atoms with van der Waals surface area (Å²) >= 11 is 5.43. The predicted molar refractivity (Wildman–Crippen MR) is 41.9 cm³/mol. The van der Waals surface area contributed by atoms with Gasteiger partial charge in [0.05, 0.1) is 7.85 Å². The Balaban J connectivity index is 2.96. The molecule has 0 bridgehead atoms. The lowest BCUT2D eigenvalue weighted by atomic mass is 9.99. The third kappa shape index (κ3) is 2.01. The van der Waals surface area contributed by atoms with Gasteiger partial charge in [-0.3, -0.25) is 4.79 Å². The molecule has 0 unspecified atom stereocenters. The van der Waals surface area contributed by atoms with Crippen LogP contribution < -0.4 is 0 Å². The van der Waals surface area contributed by atoms with E-state index in [0.29, 0.717) is 0 Å². The fraction of sp³-hybridized carbons (Fsp3) is 0.167. The van der Waals surface area contributed by atoms with E-state index in [1.807, 2.05) is 0 Å². The minimum atomic E-state index is -0.241. The van der Waals surface area contributed by atoms with Crippen molar-refractivity contribution in [2.45, 2.75) is 6.32 Å². The van der Waals surface area contributed by atoms with Gasteiger partial charge in [0.15, 0.2) is 5.78 Å². The summed E-state index contributed by atoms with van der Waals surface area (Å²) in [5.74, 6) is -0.241. The van der Waals surface area contributed by atoms with Crippen LogP contribution >= 0.6 is 11.6 Å². The van der Waals surface area contributed by atoms with Gasteiger partial charge in [-0.25, -0.2) is 9.97 Å². The van der Waals surface area contributed by atoms with Crippen LogP contribution in [0.2, 0.25) is 11.6 Å². The summed E-state index contributed by atoms with van der Waals surface area (Å²) in [4.78, 5) is 18.2. The van der Waals surface area contributed by atoms with Crippen molar-refractivity contribution in [3.05, 3.63) is 23.2 Å². The smallest absolute Gasteiger partial charge is 0.222 e. The maximum atomic E-state index is 10.9. The van der Waals surface area contributed by atoms with Gasteiger partial charge in [-0.05, 0) is 24.0 Å². The Hall–Kier alpha value is -0.895. The monoisotopic (exact) mass is 166 g/mol. The second-order valence-electron chi connectivity index (χ2n) is 1.84. The van der Waals surface area contributed by atoms with E-state index in [1.54, 1.807) is 0 Å². The topological polar surface area (TPSA) is 42.9 Å². The van der Waals surface area contributed by atoms with Crippen molar-refractivity contribution in [1.82, 2.24) is 9.97 Å². The first-order chi connectivity index (χ1) is 5.24. The molecule has 1 aromatic rings. The minimum absolute atomic E-state index is 0.0595. The van der Waals surface area contributed by atoms with Crippen molar-refractivity contribution in [3.8, 4) is 0 Å². The molecule has 0 spiro atoms. The van der Waals surface area contributed by atoms with Crippen LogP contribution in [-0.2, 0) is 0 Å². The first-order valence-corrected chi connectivity index (χ1v) is 3.33. The van der Waals surface area contributed by atoms with E-state index in [4.69, 9.17) is 19.4 Å². The second kappa shape index (κ2) is 3.48. The molecule has 0 atom stereocenters. The van der Waals surface area contributed by atoms with Gasteiger partial charge in [-0.2, -0.15) is 0 Å². The van der Waals surface area contributed by atoms with Crippen molar-refractivity contribution in [2.75, 3.05) is 0 Å². The summed E-state index contributed by atoms with van der Waals surface area (Å²) in [6.07, 6.45) is 1.35. The van der Waals surface area contributed by atoms with Gasteiger partial charge >= 0.3 is 0 Å². The molecule has 5 heteroatoms. The van der Waals surface area contributed by atoms with E-state index < -0.39 is 0 Å². The molecular formula is C6H4BClN2O. The highest BCUT2D eigenvalue weighted by molar-refractivity contribution is 6.28. The molecule has 0 aliphatic carbocycles. The first kappa shape index (κ1) is 8.20. The molecule has 2 radical (unpaired) electrons. The molecule has 1 rings (SSSR count). The predicted octanol–water partition coefficient (Wildman–Crippen LogP) is 0.899. The fourth-order valence-corrected chi connectivity index (χ4v) is 0.742. The van der Waals surface area contributed by atoms with E-state index in [0.717, 1.165) is 0 Å². The number of carbonyl (C=O) groups excluding carboxylic acids is 1. The van der Waals surface area contributed by atoms with Crippen LogP contribution in [-0.4, -0.2) is 23.6 Å². The van der Waals surface area contributed by atoms with Gasteiger partial charge in [0.2, 0.25) is 5.28 Å². The standard InChI is InChI=1S/C6H4BClN2O/c7-3-5(11)4-1-2-9-6(8)10-4/h1-2H,3H2. The molecular weight excluding hydrogens is 162 g/mol. The molecule has 1 aromatic heterocycles. The number of hydrogen-bond acceptors (Lipinski definition) is 3. The average molecular weight is 166 g/mol.